The maximum Gasteiger partial charge on any atom is 0.414 e. The van der Waals surface area contributed by atoms with Crippen LogP contribution < -0.4 is 15.4 Å². The summed E-state index contributed by atoms with van der Waals surface area (Å²) in [5.41, 5.74) is 2.02. The van der Waals surface area contributed by atoms with Crippen LogP contribution in [0.3, 0.4) is 0 Å². The highest BCUT2D eigenvalue weighted by atomic mass is 19.4. The molecule has 0 aliphatic heterocycles. The standard InChI is InChI=1S/C16H21F3N2O3/c1-2-24-13-5-3-4-10-11(13)6-7-12(10)21-15(23)20-9-8-14(22)16(17,18)19/h3-5,12,14,22H,2,6-9H2,1H3,(H2,20,21,23)/t12-,14+/m0/s1. The lowest BCUT2D eigenvalue weighted by molar-refractivity contribution is -0.204. The average Bonchev–Trinajstić information content (AvgIpc) is 2.91. The molecule has 2 rings (SSSR count). The summed E-state index contributed by atoms with van der Waals surface area (Å²) in [6.45, 7) is 2.19. The Morgan fingerprint density at radius 1 is 1.46 bits per heavy atom. The average molecular weight is 346 g/mol. The van der Waals surface area contributed by atoms with Crippen LogP contribution >= 0.6 is 0 Å². The molecule has 3 N–H and O–H groups in total. The number of nitrogens with one attached hydrogen (secondary N) is 2. The number of ether oxygens (including phenoxy) is 1. The van der Waals surface area contributed by atoms with E-state index in [1.165, 1.54) is 0 Å². The molecule has 0 heterocycles. The molecule has 0 unspecified atom stereocenters. The summed E-state index contributed by atoms with van der Waals surface area (Å²) < 4.78 is 42.1. The van der Waals surface area contributed by atoms with Gasteiger partial charge in [0, 0.05) is 6.54 Å². The van der Waals surface area contributed by atoms with Gasteiger partial charge >= 0.3 is 12.2 Å². The van der Waals surface area contributed by atoms with Crippen LogP contribution in [0, 0.1) is 0 Å². The zero-order valence-corrected chi connectivity index (χ0v) is 13.3. The number of carbonyl (C=O) groups is 1. The Morgan fingerprint density at radius 3 is 2.88 bits per heavy atom. The molecule has 0 aromatic heterocycles. The summed E-state index contributed by atoms with van der Waals surface area (Å²) in [7, 11) is 0. The molecular formula is C16H21F3N2O3. The maximum atomic E-state index is 12.2. The minimum absolute atomic E-state index is 0.201. The van der Waals surface area contributed by atoms with Gasteiger partial charge < -0.3 is 20.5 Å². The lowest BCUT2D eigenvalue weighted by atomic mass is 10.1. The van der Waals surface area contributed by atoms with E-state index in [0.717, 1.165) is 23.3 Å². The first-order valence-corrected chi connectivity index (χ1v) is 7.86. The number of fused-ring (bicyclic) bond motifs is 1. The van der Waals surface area contributed by atoms with Crippen LogP contribution in [0.15, 0.2) is 18.2 Å². The van der Waals surface area contributed by atoms with Gasteiger partial charge in [0.15, 0.2) is 6.10 Å². The van der Waals surface area contributed by atoms with Gasteiger partial charge in [-0.15, -0.1) is 0 Å². The largest absolute Gasteiger partial charge is 0.494 e. The molecule has 0 bridgehead atoms. The number of hydrogen-bond donors (Lipinski definition) is 3. The highest BCUT2D eigenvalue weighted by molar-refractivity contribution is 5.74. The fourth-order valence-corrected chi connectivity index (χ4v) is 2.76. The van der Waals surface area contributed by atoms with Gasteiger partial charge in [-0.05, 0) is 43.4 Å². The lowest BCUT2D eigenvalue weighted by Crippen LogP contribution is -2.40. The van der Waals surface area contributed by atoms with Crippen molar-refractivity contribution in [2.45, 2.75) is 44.5 Å². The highest BCUT2D eigenvalue weighted by Crippen LogP contribution is 2.36. The van der Waals surface area contributed by atoms with Crippen LogP contribution in [0.5, 0.6) is 5.75 Å². The van der Waals surface area contributed by atoms with Crippen LogP contribution in [-0.4, -0.2) is 36.6 Å². The first-order valence-electron chi connectivity index (χ1n) is 7.86. The van der Waals surface area contributed by atoms with Gasteiger partial charge in [-0.3, -0.25) is 0 Å². The van der Waals surface area contributed by atoms with E-state index in [0.29, 0.717) is 13.0 Å². The van der Waals surface area contributed by atoms with Crippen LogP contribution in [0.25, 0.3) is 0 Å². The molecule has 1 aromatic carbocycles. The summed E-state index contributed by atoms with van der Waals surface area (Å²) in [4.78, 5) is 11.8. The second-order valence-electron chi connectivity index (χ2n) is 5.59. The number of alkyl halides is 3. The minimum atomic E-state index is -4.67. The molecule has 2 amide bonds. The van der Waals surface area contributed by atoms with Crippen molar-refractivity contribution in [2.75, 3.05) is 13.2 Å². The van der Waals surface area contributed by atoms with Gasteiger partial charge in [0.2, 0.25) is 0 Å². The van der Waals surface area contributed by atoms with Crippen LogP contribution in [-0.2, 0) is 6.42 Å². The van der Waals surface area contributed by atoms with Crippen molar-refractivity contribution in [1.82, 2.24) is 10.6 Å². The summed E-state index contributed by atoms with van der Waals surface area (Å²) >= 11 is 0. The van der Waals surface area contributed by atoms with E-state index in [1.54, 1.807) is 0 Å². The Balaban J connectivity index is 1.86. The van der Waals surface area contributed by atoms with Crippen LogP contribution in [0.4, 0.5) is 18.0 Å². The zero-order chi connectivity index (χ0) is 17.7. The van der Waals surface area contributed by atoms with E-state index >= 15 is 0 Å². The molecule has 2 atom stereocenters. The van der Waals surface area contributed by atoms with Crippen LogP contribution in [0.1, 0.15) is 36.9 Å². The number of urea groups is 1. The second-order valence-corrected chi connectivity index (χ2v) is 5.59. The predicted molar refractivity (Wildman–Crippen MR) is 81.9 cm³/mol. The van der Waals surface area contributed by atoms with Gasteiger partial charge in [0.25, 0.3) is 0 Å². The van der Waals surface area contributed by atoms with Gasteiger partial charge in [0.05, 0.1) is 12.6 Å². The number of aliphatic hydroxyl groups excluding tert-OH is 1. The molecular weight excluding hydrogens is 325 g/mol. The molecule has 134 valence electrons. The van der Waals surface area contributed by atoms with Gasteiger partial charge in [-0.1, -0.05) is 12.1 Å². The third-order valence-electron chi connectivity index (χ3n) is 3.91. The highest BCUT2D eigenvalue weighted by Gasteiger charge is 2.37. The second kappa shape index (κ2) is 7.74. The first-order chi connectivity index (χ1) is 11.3. The monoisotopic (exact) mass is 346 g/mol. The molecule has 0 radical (unpaired) electrons. The number of benzene rings is 1. The zero-order valence-electron chi connectivity index (χ0n) is 13.3. The molecule has 0 spiro atoms. The number of carbonyl (C=O) groups excluding carboxylic acids is 1. The first kappa shape index (κ1) is 18.4. The van der Waals surface area contributed by atoms with Gasteiger partial charge in [-0.2, -0.15) is 13.2 Å². The SMILES string of the molecule is CCOc1cccc2c1CC[C@@H]2NC(=O)NCC[C@@H](O)C(F)(F)F. The Kier molecular flexibility index (Phi) is 5.93. The number of rotatable bonds is 6. The van der Waals surface area contributed by atoms with E-state index in [-0.39, 0.29) is 12.6 Å². The fourth-order valence-electron chi connectivity index (χ4n) is 2.76. The maximum absolute atomic E-state index is 12.2. The minimum Gasteiger partial charge on any atom is -0.494 e. The quantitative estimate of drug-likeness (QED) is 0.742. The molecule has 0 saturated carbocycles. The molecule has 1 aliphatic carbocycles. The van der Waals surface area contributed by atoms with Crippen molar-refractivity contribution in [1.29, 1.82) is 0 Å². The Bertz CT molecular complexity index is 578. The van der Waals surface area contributed by atoms with E-state index in [4.69, 9.17) is 9.84 Å². The van der Waals surface area contributed by atoms with Crippen molar-refractivity contribution in [3.05, 3.63) is 29.3 Å². The normalized spacial score (nSPS) is 18.0. The smallest absolute Gasteiger partial charge is 0.414 e. The summed E-state index contributed by atoms with van der Waals surface area (Å²) in [6.07, 6.45) is -6.20. The molecule has 0 saturated heterocycles. The van der Waals surface area contributed by atoms with Crippen molar-refractivity contribution < 1.29 is 27.8 Å². The molecule has 1 aromatic rings. The van der Waals surface area contributed by atoms with Crippen molar-refractivity contribution in [2.24, 2.45) is 0 Å². The fraction of sp³-hybridized carbons (Fsp3) is 0.562. The summed E-state index contributed by atoms with van der Waals surface area (Å²) in [5, 5.41) is 14.0. The number of halogens is 3. The van der Waals surface area contributed by atoms with E-state index in [1.807, 2.05) is 25.1 Å². The third kappa shape index (κ3) is 4.53. The number of amides is 2. The molecule has 1 aliphatic rings. The van der Waals surface area contributed by atoms with Gasteiger partial charge in [0.1, 0.15) is 5.75 Å². The summed E-state index contributed by atoms with van der Waals surface area (Å²) in [6, 6.07) is 4.88. The Hall–Kier alpha value is -1.96. The Labute approximate surface area is 138 Å². The topological polar surface area (TPSA) is 70.6 Å². The third-order valence-corrected chi connectivity index (χ3v) is 3.91. The Morgan fingerprint density at radius 2 is 2.21 bits per heavy atom. The predicted octanol–water partition coefficient (Wildman–Crippen LogP) is 2.69. The molecule has 8 heteroatoms. The van der Waals surface area contributed by atoms with E-state index < -0.39 is 24.7 Å². The number of hydrogen-bond acceptors (Lipinski definition) is 3. The van der Waals surface area contributed by atoms with E-state index in [2.05, 4.69) is 10.6 Å². The van der Waals surface area contributed by atoms with Crippen molar-refractivity contribution in [3.8, 4) is 5.75 Å². The van der Waals surface area contributed by atoms with Gasteiger partial charge in [-0.25, -0.2) is 4.79 Å². The summed E-state index contributed by atoms with van der Waals surface area (Å²) in [5.74, 6) is 0.799. The number of aliphatic hydroxyl groups is 1. The lowest BCUT2D eigenvalue weighted by Gasteiger charge is -2.17. The van der Waals surface area contributed by atoms with Crippen molar-refractivity contribution >= 4 is 6.03 Å². The van der Waals surface area contributed by atoms with Crippen LogP contribution in [0.2, 0.25) is 0 Å². The molecule has 0 fully saturated rings. The van der Waals surface area contributed by atoms with Crippen molar-refractivity contribution in [3.63, 3.8) is 0 Å². The van der Waals surface area contributed by atoms with E-state index in [9.17, 15) is 18.0 Å². The molecule has 24 heavy (non-hydrogen) atoms. The molecule has 5 nitrogen and oxygen atoms in total.